The summed E-state index contributed by atoms with van der Waals surface area (Å²) < 4.78 is 0. The van der Waals surface area contributed by atoms with Gasteiger partial charge in [-0.1, -0.05) is 35.7 Å². The quantitative estimate of drug-likeness (QED) is 0.872. The molecule has 116 valence electrons. The zero-order chi connectivity index (χ0) is 14.9. The molecule has 0 unspecified atom stereocenters. The minimum Gasteiger partial charge on any atom is -0.386 e. The maximum atomic E-state index is 10.9. The van der Waals surface area contributed by atoms with E-state index in [9.17, 15) is 5.11 Å². The first kappa shape index (κ1) is 15.6. The van der Waals surface area contributed by atoms with Crippen molar-refractivity contribution >= 4 is 23.2 Å². The molecule has 2 fully saturated rings. The lowest BCUT2D eigenvalue weighted by Gasteiger charge is -2.46. The van der Waals surface area contributed by atoms with E-state index in [4.69, 9.17) is 23.2 Å². The Morgan fingerprint density at radius 1 is 1.05 bits per heavy atom. The summed E-state index contributed by atoms with van der Waals surface area (Å²) >= 11 is 12.2. The van der Waals surface area contributed by atoms with Crippen LogP contribution in [0.2, 0.25) is 10.0 Å². The van der Waals surface area contributed by atoms with Crippen LogP contribution in [0.25, 0.3) is 0 Å². The molecule has 4 heteroatoms. The average molecular weight is 329 g/mol. The Balaban J connectivity index is 1.76. The smallest absolute Gasteiger partial charge is 0.112 e. The predicted octanol–water partition coefficient (Wildman–Crippen LogP) is 2.84. The van der Waals surface area contributed by atoms with E-state index < -0.39 is 0 Å². The largest absolute Gasteiger partial charge is 0.386 e. The second kappa shape index (κ2) is 6.45. The molecule has 2 N–H and O–H groups in total. The van der Waals surface area contributed by atoms with Crippen molar-refractivity contribution in [2.45, 2.75) is 50.0 Å². The zero-order valence-electron chi connectivity index (χ0n) is 12.4. The van der Waals surface area contributed by atoms with E-state index in [2.05, 4.69) is 0 Å². The van der Waals surface area contributed by atoms with Crippen LogP contribution in [0, 0.1) is 0 Å². The van der Waals surface area contributed by atoms with Gasteiger partial charge in [-0.05, 0) is 49.8 Å². The number of piperidine rings is 1. The minimum absolute atomic E-state index is 0.0985. The van der Waals surface area contributed by atoms with Crippen LogP contribution in [0.4, 0.5) is 0 Å². The Morgan fingerprint density at radius 2 is 1.76 bits per heavy atom. The molecular weight excluding hydrogens is 305 g/mol. The van der Waals surface area contributed by atoms with Gasteiger partial charge in [-0.3, -0.25) is 0 Å². The molecule has 1 saturated heterocycles. The van der Waals surface area contributed by atoms with Gasteiger partial charge >= 0.3 is 0 Å². The maximum Gasteiger partial charge on any atom is 0.112 e. The van der Waals surface area contributed by atoms with Crippen LogP contribution in [0.5, 0.6) is 0 Å². The predicted molar refractivity (Wildman–Crippen MR) is 87.4 cm³/mol. The summed E-state index contributed by atoms with van der Waals surface area (Å²) in [5.74, 6) is 0. The van der Waals surface area contributed by atoms with Crippen LogP contribution in [0.3, 0.4) is 0 Å². The Labute approximate surface area is 137 Å². The Morgan fingerprint density at radius 3 is 2.33 bits per heavy atom. The first-order valence-corrected chi connectivity index (χ1v) is 8.84. The highest BCUT2D eigenvalue weighted by atomic mass is 35.5. The van der Waals surface area contributed by atoms with E-state index in [1.165, 1.54) is 38.8 Å². The standard InChI is InChI=1S/C17H23Cl2NO/c18-14-6-5-13(11-15(14)19)17(7-4-8-17)16(21)12-20-9-2-1-3-10-20/h5-6,11,16,21H,1-4,7-10,12H2/p+1/t16-/m0/s1. The number of nitrogens with one attached hydrogen (secondary N) is 1. The number of halogens is 2. The Hall–Kier alpha value is -0.280. The SMILES string of the molecule is O[C@@H](C[NH+]1CCCCC1)C1(c2ccc(Cl)c(Cl)c2)CCC1. The number of aliphatic hydroxyl groups is 1. The average Bonchev–Trinajstić information content (AvgIpc) is 2.42. The number of hydrogen-bond donors (Lipinski definition) is 2. The summed E-state index contributed by atoms with van der Waals surface area (Å²) in [6.07, 6.45) is 6.95. The Kier molecular flexibility index (Phi) is 4.80. The van der Waals surface area contributed by atoms with Crippen molar-refractivity contribution in [2.75, 3.05) is 19.6 Å². The molecule has 1 aromatic carbocycles. The first-order chi connectivity index (χ1) is 10.1. The summed E-state index contributed by atoms with van der Waals surface area (Å²) in [7, 11) is 0. The molecule has 1 atom stereocenters. The van der Waals surface area contributed by atoms with Gasteiger partial charge in [0.1, 0.15) is 12.6 Å². The lowest BCUT2D eigenvalue weighted by atomic mass is 9.61. The van der Waals surface area contributed by atoms with E-state index in [-0.39, 0.29) is 11.5 Å². The summed E-state index contributed by atoms with van der Waals surface area (Å²) in [6, 6.07) is 5.86. The molecule has 1 aliphatic carbocycles. The van der Waals surface area contributed by atoms with E-state index in [0.29, 0.717) is 10.0 Å². The minimum atomic E-state index is -0.281. The third kappa shape index (κ3) is 3.10. The van der Waals surface area contributed by atoms with Crippen LogP contribution in [0.15, 0.2) is 18.2 Å². The van der Waals surface area contributed by atoms with Gasteiger partial charge in [0.15, 0.2) is 0 Å². The van der Waals surface area contributed by atoms with Crippen molar-refractivity contribution in [3.05, 3.63) is 33.8 Å². The lowest BCUT2D eigenvalue weighted by Crippen LogP contribution is -3.14. The van der Waals surface area contributed by atoms with Crippen LogP contribution in [-0.2, 0) is 5.41 Å². The van der Waals surface area contributed by atoms with Crippen molar-refractivity contribution in [1.82, 2.24) is 0 Å². The highest BCUT2D eigenvalue weighted by Crippen LogP contribution is 2.47. The first-order valence-electron chi connectivity index (χ1n) is 8.09. The molecule has 1 heterocycles. The van der Waals surface area contributed by atoms with E-state index in [1.54, 1.807) is 4.90 Å². The van der Waals surface area contributed by atoms with Crippen LogP contribution in [0.1, 0.15) is 44.1 Å². The third-order valence-electron chi connectivity index (χ3n) is 5.42. The molecule has 1 aromatic rings. The van der Waals surface area contributed by atoms with Crippen molar-refractivity contribution in [3.8, 4) is 0 Å². The summed E-state index contributed by atoms with van der Waals surface area (Å²) in [5, 5.41) is 12.1. The molecule has 21 heavy (non-hydrogen) atoms. The summed E-state index contributed by atoms with van der Waals surface area (Å²) in [4.78, 5) is 1.56. The summed E-state index contributed by atoms with van der Waals surface area (Å²) in [5.41, 5.74) is 1.06. The van der Waals surface area contributed by atoms with Crippen molar-refractivity contribution in [1.29, 1.82) is 0 Å². The molecule has 0 bridgehead atoms. The van der Waals surface area contributed by atoms with Crippen molar-refractivity contribution < 1.29 is 10.0 Å². The third-order valence-corrected chi connectivity index (χ3v) is 6.16. The van der Waals surface area contributed by atoms with Gasteiger partial charge in [0.25, 0.3) is 0 Å². The molecular formula is C17H24Cl2NO+. The van der Waals surface area contributed by atoms with Crippen LogP contribution in [-0.4, -0.2) is 30.8 Å². The summed E-state index contributed by atoms with van der Waals surface area (Å²) in [6.45, 7) is 3.27. The van der Waals surface area contributed by atoms with Crippen LogP contribution < -0.4 is 4.90 Å². The molecule has 0 spiro atoms. The molecule has 2 aliphatic rings. The number of rotatable bonds is 4. The highest BCUT2D eigenvalue weighted by Gasteiger charge is 2.46. The Bertz CT molecular complexity index is 496. The van der Waals surface area contributed by atoms with Gasteiger partial charge in [-0.2, -0.15) is 0 Å². The second-order valence-electron chi connectivity index (χ2n) is 6.67. The fraction of sp³-hybridized carbons (Fsp3) is 0.647. The zero-order valence-corrected chi connectivity index (χ0v) is 13.9. The van der Waals surface area contributed by atoms with Gasteiger partial charge < -0.3 is 10.0 Å². The van der Waals surface area contributed by atoms with Crippen molar-refractivity contribution in [2.24, 2.45) is 0 Å². The molecule has 0 amide bonds. The maximum absolute atomic E-state index is 10.9. The van der Waals surface area contributed by atoms with Gasteiger partial charge in [0, 0.05) is 5.41 Å². The monoisotopic (exact) mass is 328 g/mol. The second-order valence-corrected chi connectivity index (χ2v) is 7.48. The van der Waals surface area contributed by atoms with Gasteiger partial charge in [-0.15, -0.1) is 0 Å². The fourth-order valence-electron chi connectivity index (χ4n) is 3.90. The highest BCUT2D eigenvalue weighted by molar-refractivity contribution is 6.42. The van der Waals surface area contributed by atoms with E-state index in [1.807, 2.05) is 18.2 Å². The van der Waals surface area contributed by atoms with Crippen molar-refractivity contribution in [3.63, 3.8) is 0 Å². The number of likely N-dealkylation sites (tertiary alicyclic amines) is 1. The number of aliphatic hydroxyl groups excluding tert-OH is 1. The number of quaternary nitrogens is 1. The molecule has 1 aliphatic heterocycles. The number of benzene rings is 1. The normalized spacial score (nSPS) is 23.6. The molecule has 0 aromatic heterocycles. The molecule has 3 rings (SSSR count). The number of hydrogen-bond acceptors (Lipinski definition) is 1. The van der Waals surface area contributed by atoms with Gasteiger partial charge in [0.2, 0.25) is 0 Å². The van der Waals surface area contributed by atoms with E-state index >= 15 is 0 Å². The lowest BCUT2D eigenvalue weighted by molar-refractivity contribution is -0.908. The molecule has 1 saturated carbocycles. The van der Waals surface area contributed by atoms with Crippen LogP contribution >= 0.6 is 23.2 Å². The topological polar surface area (TPSA) is 24.7 Å². The van der Waals surface area contributed by atoms with Gasteiger partial charge in [-0.25, -0.2) is 0 Å². The fourth-order valence-corrected chi connectivity index (χ4v) is 4.20. The van der Waals surface area contributed by atoms with E-state index in [0.717, 1.165) is 24.9 Å². The molecule has 0 radical (unpaired) electrons. The van der Waals surface area contributed by atoms with Gasteiger partial charge in [0.05, 0.1) is 23.1 Å². The molecule has 2 nitrogen and oxygen atoms in total.